The van der Waals surface area contributed by atoms with Gasteiger partial charge in [-0.1, -0.05) is 0 Å². The van der Waals surface area contributed by atoms with E-state index in [-0.39, 0.29) is 5.91 Å². The summed E-state index contributed by atoms with van der Waals surface area (Å²) in [7, 11) is 0. The molecule has 0 aromatic carbocycles. The van der Waals surface area contributed by atoms with E-state index in [1.807, 2.05) is 6.92 Å². The highest BCUT2D eigenvalue weighted by molar-refractivity contribution is 6.04. The van der Waals surface area contributed by atoms with Crippen LogP contribution in [0.4, 0.5) is 10.1 Å². The molecule has 1 N–H and O–H groups in total. The van der Waals surface area contributed by atoms with E-state index in [0.717, 1.165) is 11.6 Å². The lowest BCUT2D eigenvalue weighted by Crippen LogP contribution is -2.13. The first-order valence-corrected chi connectivity index (χ1v) is 5.00. The Kier molecular flexibility index (Phi) is 3.09. The van der Waals surface area contributed by atoms with E-state index < -0.39 is 5.95 Å². The minimum atomic E-state index is -0.610. The van der Waals surface area contributed by atoms with Crippen LogP contribution in [0.25, 0.3) is 0 Å². The summed E-state index contributed by atoms with van der Waals surface area (Å²) >= 11 is 0. The summed E-state index contributed by atoms with van der Waals surface area (Å²) in [6, 6.07) is 4.23. The number of pyridine rings is 2. The van der Waals surface area contributed by atoms with Gasteiger partial charge in [-0.2, -0.15) is 4.39 Å². The Morgan fingerprint density at radius 1 is 1.29 bits per heavy atom. The molecule has 2 aromatic heterocycles. The molecular weight excluding hydrogens is 221 g/mol. The van der Waals surface area contributed by atoms with Crippen LogP contribution in [0.15, 0.2) is 36.8 Å². The third-order valence-corrected chi connectivity index (χ3v) is 2.26. The van der Waals surface area contributed by atoms with Crippen molar-refractivity contribution in [2.45, 2.75) is 6.92 Å². The number of anilines is 1. The Labute approximate surface area is 97.5 Å². The maximum atomic E-state index is 12.6. The van der Waals surface area contributed by atoms with Gasteiger partial charge in [0.05, 0.1) is 5.56 Å². The third kappa shape index (κ3) is 2.63. The Morgan fingerprint density at radius 2 is 2.12 bits per heavy atom. The fraction of sp³-hybridized carbons (Fsp3) is 0.0833. The van der Waals surface area contributed by atoms with Gasteiger partial charge in [0.1, 0.15) is 0 Å². The molecule has 1 amide bonds. The number of nitrogens with one attached hydrogen (secondary N) is 1. The number of nitrogens with zero attached hydrogens (tertiary/aromatic N) is 2. The van der Waals surface area contributed by atoms with Crippen LogP contribution < -0.4 is 5.32 Å². The van der Waals surface area contributed by atoms with Gasteiger partial charge in [-0.15, -0.1) is 0 Å². The smallest absolute Gasteiger partial charge is 0.257 e. The van der Waals surface area contributed by atoms with Crippen molar-refractivity contribution in [2.75, 3.05) is 5.32 Å². The number of carbonyl (C=O) groups excluding carboxylic acids is 1. The van der Waals surface area contributed by atoms with Gasteiger partial charge in [-0.3, -0.25) is 9.78 Å². The number of carbonyl (C=O) groups is 1. The van der Waals surface area contributed by atoms with Crippen LogP contribution in [0.2, 0.25) is 0 Å². The standard InChI is InChI=1S/C12H10FN3O/c1-8-6-14-5-4-10(8)16-12(17)9-2-3-11(13)15-7-9/h2-7H,1H3,(H,14,16,17). The fourth-order valence-corrected chi connectivity index (χ4v) is 1.32. The molecule has 2 rings (SSSR count). The van der Waals surface area contributed by atoms with Crippen LogP contribution in [0.3, 0.4) is 0 Å². The molecule has 0 aliphatic carbocycles. The van der Waals surface area contributed by atoms with Gasteiger partial charge in [-0.25, -0.2) is 4.98 Å². The normalized spacial score (nSPS) is 10.0. The van der Waals surface area contributed by atoms with Crippen molar-refractivity contribution in [1.82, 2.24) is 9.97 Å². The number of hydrogen-bond acceptors (Lipinski definition) is 3. The van der Waals surface area contributed by atoms with Crippen molar-refractivity contribution in [3.8, 4) is 0 Å². The Hall–Kier alpha value is -2.30. The number of hydrogen-bond donors (Lipinski definition) is 1. The van der Waals surface area contributed by atoms with Crippen molar-refractivity contribution < 1.29 is 9.18 Å². The molecule has 2 aromatic rings. The summed E-state index contributed by atoms with van der Waals surface area (Å²) in [6.45, 7) is 1.84. The molecule has 5 heteroatoms. The van der Waals surface area contributed by atoms with Gasteiger partial charge in [0, 0.05) is 24.3 Å². The van der Waals surface area contributed by atoms with Gasteiger partial charge in [0.2, 0.25) is 5.95 Å². The van der Waals surface area contributed by atoms with Crippen LogP contribution >= 0.6 is 0 Å². The molecule has 0 bridgehead atoms. The third-order valence-electron chi connectivity index (χ3n) is 2.26. The summed E-state index contributed by atoms with van der Waals surface area (Å²) in [6.07, 6.45) is 4.44. The molecular formula is C12H10FN3O. The van der Waals surface area contributed by atoms with Crippen molar-refractivity contribution in [3.63, 3.8) is 0 Å². The predicted octanol–water partition coefficient (Wildman–Crippen LogP) is 2.18. The first-order valence-electron chi connectivity index (χ1n) is 5.00. The van der Waals surface area contributed by atoms with Crippen LogP contribution in [-0.2, 0) is 0 Å². The van der Waals surface area contributed by atoms with Crippen molar-refractivity contribution in [2.24, 2.45) is 0 Å². The molecule has 0 fully saturated rings. The minimum Gasteiger partial charge on any atom is -0.322 e. The van der Waals surface area contributed by atoms with Crippen molar-refractivity contribution in [3.05, 3.63) is 53.9 Å². The first kappa shape index (κ1) is 11.2. The SMILES string of the molecule is Cc1cnccc1NC(=O)c1ccc(F)nc1. The van der Waals surface area contributed by atoms with E-state index in [0.29, 0.717) is 11.3 Å². The Bertz CT molecular complexity index is 540. The quantitative estimate of drug-likeness (QED) is 0.806. The monoisotopic (exact) mass is 231 g/mol. The average Bonchev–Trinajstić information content (AvgIpc) is 2.33. The molecule has 0 unspecified atom stereocenters. The number of rotatable bonds is 2. The Morgan fingerprint density at radius 3 is 2.76 bits per heavy atom. The summed E-state index contributed by atoms with van der Waals surface area (Å²) in [5, 5.41) is 2.70. The number of aryl methyl sites for hydroxylation is 1. The highest BCUT2D eigenvalue weighted by atomic mass is 19.1. The molecule has 4 nitrogen and oxygen atoms in total. The molecule has 0 radical (unpaired) electrons. The molecule has 0 spiro atoms. The van der Waals surface area contributed by atoms with E-state index in [9.17, 15) is 9.18 Å². The Balaban J connectivity index is 2.17. The van der Waals surface area contributed by atoms with E-state index in [4.69, 9.17) is 0 Å². The van der Waals surface area contributed by atoms with Crippen LogP contribution in [0, 0.1) is 12.9 Å². The largest absolute Gasteiger partial charge is 0.322 e. The summed E-state index contributed by atoms with van der Waals surface area (Å²) in [4.78, 5) is 19.1. The maximum Gasteiger partial charge on any atom is 0.257 e. The lowest BCUT2D eigenvalue weighted by atomic mass is 10.2. The lowest BCUT2D eigenvalue weighted by molar-refractivity contribution is 0.102. The highest BCUT2D eigenvalue weighted by Gasteiger charge is 2.07. The second-order valence-electron chi connectivity index (χ2n) is 3.51. The van der Waals surface area contributed by atoms with Crippen molar-refractivity contribution in [1.29, 1.82) is 0 Å². The second-order valence-corrected chi connectivity index (χ2v) is 3.51. The number of aromatic nitrogens is 2. The van der Waals surface area contributed by atoms with Crippen LogP contribution in [0.5, 0.6) is 0 Å². The molecule has 0 atom stereocenters. The predicted molar refractivity (Wildman–Crippen MR) is 61.1 cm³/mol. The van der Waals surface area contributed by atoms with E-state index in [2.05, 4.69) is 15.3 Å². The molecule has 0 aliphatic rings. The molecule has 86 valence electrons. The van der Waals surface area contributed by atoms with Gasteiger partial charge in [0.15, 0.2) is 0 Å². The van der Waals surface area contributed by atoms with Crippen molar-refractivity contribution >= 4 is 11.6 Å². The van der Waals surface area contributed by atoms with E-state index in [1.54, 1.807) is 18.5 Å². The zero-order valence-electron chi connectivity index (χ0n) is 9.14. The fourth-order valence-electron chi connectivity index (χ4n) is 1.32. The second kappa shape index (κ2) is 4.69. The summed E-state index contributed by atoms with van der Waals surface area (Å²) in [5.41, 5.74) is 1.84. The van der Waals surface area contributed by atoms with E-state index in [1.165, 1.54) is 12.3 Å². The van der Waals surface area contributed by atoms with E-state index >= 15 is 0 Å². The number of amides is 1. The maximum absolute atomic E-state index is 12.6. The van der Waals surface area contributed by atoms with Gasteiger partial charge >= 0.3 is 0 Å². The lowest BCUT2D eigenvalue weighted by Gasteiger charge is -2.07. The zero-order valence-corrected chi connectivity index (χ0v) is 9.14. The topological polar surface area (TPSA) is 54.9 Å². The minimum absolute atomic E-state index is 0.308. The number of halogens is 1. The molecule has 0 aliphatic heterocycles. The molecule has 17 heavy (non-hydrogen) atoms. The molecule has 2 heterocycles. The first-order chi connectivity index (χ1) is 8.16. The summed E-state index contributed by atoms with van der Waals surface area (Å²) in [5.74, 6) is -0.937. The molecule has 0 saturated carbocycles. The molecule has 0 saturated heterocycles. The van der Waals surface area contributed by atoms with Crippen LogP contribution in [-0.4, -0.2) is 15.9 Å². The summed E-state index contributed by atoms with van der Waals surface area (Å²) < 4.78 is 12.6. The zero-order chi connectivity index (χ0) is 12.3. The average molecular weight is 231 g/mol. The van der Waals surface area contributed by atoms with Gasteiger partial charge in [0.25, 0.3) is 5.91 Å². The highest BCUT2D eigenvalue weighted by Crippen LogP contribution is 2.13. The van der Waals surface area contributed by atoms with Crippen LogP contribution in [0.1, 0.15) is 15.9 Å². The van der Waals surface area contributed by atoms with Gasteiger partial charge < -0.3 is 5.32 Å². The van der Waals surface area contributed by atoms with Gasteiger partial charge in [-0.05, 0) is 30.7 Å².